The van der Waals surface area contributed by atoms with Crippen LogP contribution in [0.25, 0.3) is 0 Å². The summed E-state index contributed by atoms with van der Waals surface area (Å²) in [5.74, 6) is 0. The molecule has 1 aliphatic heterocycles. The van der Waals surface area contributed by atoms with Crippen LogP contribution in [0.4, 0.5) is 0 Å². The third-order valence-corrected chi connectivity index (χ3v) is 6.02. The first kappa shape index (κ1) is 12.6. The summed E-state index contributed by atoms with van der Waals surface area (Å²) in [7, 11) is 0. The van der Waals surface area contributed by atoms with E-state index in [1.807, 2.05) is 0 Å². The summed E-state index contributed by atoms with van der Waals surface area (Å²) >= 11 is 2.11. The van der Waals surface area contributed by atoms with Gasteiger partial charge in [-0.15, -0.1) is 11.8 Å². The quantitative estimate of drug-likeness (QED) is 0.855. The fourth-order valence-electron chi connectivity index (χ4n) is 3.53. The topological polar surface area (TPSA) is 12.0 Å². The second-order valence-corrected chi connectivity index (χ2v) is 6.98. The Bertz CT molecular complexity index is 362. The molecule has 1 aliphatic carbocycles. The van der Waals surface area contributed by atoms with Crippen LogP contribution in [0.3, 0.4) is 0 Å². The summed E-state index contributed by atoms with van der Waals surface area (Å²) < 4.78 is 0. The van der Waals surface area contributed by atoms with Gasteiger partial charge >= 0.3 is 0 Å². The molecule has 1 spiro atoms. The van der Waals surface area contributed by atoms with Crippen molar-refractivity contribution in [2.75, 3.05) is 6.54 Å². The maximum Gasteiger partial charge on any atom is 0.0303 e. The van der Waals surface area contributed by atoms with Crippen LogP contribution in [0.2, 0.25) is 0 Å². The summed E-state index contributed by atoms with van der Waals surface area (Å²) in [6.45, 7) is 1.23. The third-order valence-electron chi connectivity index (χ3n) is 4.50. The lowest BCUT2D eigenvalue weighted by Crippen LogP contribution is -2.57. The highest BCUT2D eigenvalue weighted by molar-refractivity contribution is 8.00. The van der Waals surface area contributed by atoms with Crippen molar-refractivity contribution in [3.63, 3.8) is 0 Å². The van der Waals surface area contributed by atoms with Crippen molar-refractivity contribution in [3.8, 4) is 0 Å². The summed E-state index contributed by atoms with van der Waals surface area (Å²) in [6, 6.07) is 10.9. The molecule has 2 heteroatoms. The second kappa shape index (κ2) is 5.66. The molecule has 1 heterocycles. The van der Waals surface area contributed by atoms with Crippen molar-refractivity contribution in [2.45, 2.75) is 60.6 Å². The largest absolute Gasteiger partial charge is 0.310 e. The van der Waals surface area contributed by atoms with Gasteiger partial charge in [0.15, 0.2) is 0 Å². The molecule has 1 aromatic carbocycles. The van der Waals surface area contributed by atoms with Crippen LogP contribution in [-0.2, 0) is 0 Å². The van der Waals surface area contributed by atoms with E-state index >= 15 is 0 Å². The van der Waals surface area contributed by atoms with Crippen LogP contribution in [0.1, 0.15) is 44.9 Å². The molecule has 2 fully saturated rings. The minimum atomic E-state index is 0.441. The smallest absolute Gasteiger partial charge is 0.0303 e. The monoisotopic (exact) mass is 261 g/mol. The molecule has 18 heavy (non-hydrogen) atoms. The Morgan fingerprint density at radius 1 is 1.00 bits per heavy atom. The van der Waals surface area contributed by atoms with E-state index in [1.165, 1.54) is 56.4 Å². The van der Waals surface area contributed by atoms with Crippen LogP contribution < -0.4 is 5.32 Å². The van der Waals surface area contributed by atoms with Gasteiger partial charge in [0.05, 0.1) is 0 Å². The highest BCUT2D eigenvalue weighted by atomic mass is 32.2. The number of hydrogen-bond donors (Lipinski definition) is 1. The van der Waals surface area contributed by atoms with Crippen LogP contribution in [0, 0.1) is 0 Å². The average Bonchev–Trinajstić information content (AvgIpc) is 2.44. The zero-order valence-electron chi connectivity index (χ0n) is 11.0. The van der Waals surface area contributed by atoms with Gasteiger partial charge in [0.1, 0.15) is 0 Å². The first-order valence-electron chi connectivity index (χ1n) is 7.36. The predicted octanol–water partition coefficient (Wildman–Crippen LogP) is 4.23. The molecule has 0 amide bonds. The van der Waals surface area contributed by atoms with Crippen molar-refractivity contribution in [1.29, 1.82) is 0 Å². The Morgan fingerprint density at radius 3 is 2.56 bits per heavy atom. The van der Waals surface area contributed by atoms with E-state index in [0.29, 0.717) is 5.54 Å². The lowest BCUT2D eigenvalue weighted by Gasteiger charge is -2.47. The molecule has 0 radical (unpaired) electrons. The summed E-state index contributed by atoms with van der Waals surface area (Å²) in [5, 5.41) is 4.66. The summed E-state index contributed by atoms with van der Waals surface area (Å²) in [4.78, 5) is 1.44. The number of nitrogens with one attached hydrogen (secondary N) is 1. The van der Waals surface area contributed by atoms with E-state index in [9.17, 15) is 0 Å². The van der Waals surface area contributed by atoms with Crippen molar-refractivity contribution < 1.29 is 0 Å². The molecule has 1 unspecified atom stereocenters. The van der Waals surface area contributed by atoms with E-state index in [-0.39, 0.29) is 0 Å². The molecular weight excluding hydrogens is 238 g/mol. The second-order valence-electron chi connectivity index (χ2n) is 5.71. The van der Waals surface area contributed by atoms with Crippen LogP contribution in [0.5, 0.6) is 0 Å². The zero-order chi connectivity index (χ0) is 12.3. The molecule has 1 aromatic rings. The summed E-state index contributed by atoms with van der Waals surface area (Å²) in [6.07, 6.45) is 9.76. The van der Waals surface area contributed by atoms with Gasteiger partial charge in [0.25, 0.3) is 0 Å². The molecule has 2 aliphatic rings. The molecule has 0 aromatic heterocycles. The zero-order valence-corrected chi connectivity index (χ0v) is 11.8. The first-order chi connectivity index (χ1) is 8.89. The average molecular weight is 261 g/mol. The van der Waals surface area contributed by atoms with Crippen LogP contribution in [0.15, 0.2) is 35.2 Å². The minimum absolute atomic E-state index is 0.441. The fraction of sp³-hybridized carbons (Fsp3) is 0.625. The minimum Gasteiger partial charge on any atom is -0.310 e. The van der Waals surface area contributed by atoms with E-state index in [0.717, 1.165) is 5.25 Å². The molecule has 1 saturated heterocycles. The van der Waals surface area contributed by atoms with Gasteiger partial charge in [-0.25, -0.2) is 0 Å². The highest BCUT2D eigenvalue weighted by Gasteiger charge is 2.41. The first-order valence-corrected chi connectivity index (χ1v) is 8.24. The predicted molar refractivity (Wildman–Crippen MR) is 79.1 cm³/mol. The number of rotatable bonds is 2. The molecule has 3 rings (SSSR count). The Balaban J connectivity index is 1.75. The SMILES string of the molecule is c1ccc(SC2CCCNC23CCCCC3)cc1. The van der Waals surface area contributed by atoms with Gasteiger partial charge in [-0.1, -0.05) is 37.5 Å². The van der Waals surface area contributed by atoms with Crippen LogP contribution in [-0.4, -0.2) is 17.3 Å². The third kappa shape index (κ3) is 2.60. The Labute approximate surface area is 115 Å². The summed E-state index contributed by atoms with van der Waals surface area (Å²) in [5.41, 5.74) is 0.441. The van der Waals surface area contributed by atoms with Crippen LogP contribution >= 0.6 is 11.8 Å². The number of hydrogen-bond acceptors (Lipinski definition) is 2. The van der Waals surface area contributed by atoms with E-state index in [1.54, 1.807) is 0 Å². The van der Waals surface area contributed by atoms with Gasteiger partial charge in [-0.05, 0) is 44.4 Å². The fourth-order valence-corrected chi connectivity index (χ4v) is 5.00. The van der Waals surface area contributed by atoms with E-state index in [2.05, 4.69) is 47.4 Å². The molecule has 1 atom stereocenters. The lowest BCUT2D eigenvalue weighted by atomic mass is 9.76. The van der Waals surface area contributed by atoms with Crippen molar-refractivity contribution in [1.82, 2.24) is 5.32 Å². The van der Waals surface area contributed by atoms with Gasteiger partial charge < -0.3 is 5.32 Å². The normalized spacial score (nSPS) is 27.2. The standard InChI is InChI=1S/C16H23NS/c1-3-8-14(9-4-1)18-15-10-7-13-17-16(15)11-5-2-6-12-16/h1,3-4,8-9,15,17H,2,5-7,10-13H2. The molecule has 1 nitrogen and oxygen atoms in total. The Hall–Kier alpha value is -0.470. The van der Waals surface area contributed by atoms with Crippen molar-refractivity contribution in [2.24, 2.45) is 0 Å². The number of benzene rings is 1. The maximum absolute atomic E-state index is 3.88. The number of piperidine rings is 1. The van der Waals surface area contributed by atoms with E-state index < -0.39 is 0 Å². The molecule has 1 N–H and O–H groups in total. The molecular formula is C16H23NS. The van der Waals surface area contributed by atoms with Crippen molar-refractivity contribution >= 4 is 11.8 Å². The molecule has 1 saturated carbocycles. The Morgan fingerprint density at radius 2 is 1.78 bits per heavy atom. The highest BCUT2D eigenvalue weighted by Crippen LogP contribution is 2.43. The number of thioether (sulfide) groups is 1. The van der Waals surface area contributed by atoms with Gasteiger partial charge in [0, 0.05) is 15.7 Å². The maximum atomic E-state index is 3.88. The van der Waals surface area contributed by atoms with Gasteiger partial charge in [0.2, 0.25) is 0 Å². The van der Waals surface area contributed by atoms with E-state index in [4.69, 9.17) is 0 Å². The molecule has 98 valence electrons. The lowest BCUT2D eigenvalue weighted by molar-refractivity contribution is 0.193. The molecule has 0 bridgehead atoms. The van der Waals surface area contributed by atoms with Gasteiger partial charge in [-0.3, -0.25) is 0 Å². The Kier molecular flexibility index (Phi) is 3.95. The van der Waals surface area contributed by atoms with Gasteiger partial charge in [-0.2, -0.15) is 0 Å². The van der Waals surface area contributed by atoms with Crippen molar-refractivity contribution in [3.05, 3.63) is 30.3 Å².